The lowest BCUT2D eigenvalue weighted by Gasteiger charge is -2.08. The summed E-state index contributed by atoms with van der Waals surface area (Å²) in [6.07, 6.45) is 1.36. The Labute approximate surface area is 172 Å². The molecule has 0 amide bonds. The third kappa shape index (κ3) is 4.89. The predicted octanol–water partition coefficient (Wildman–Crippen LogP) is 5.37. The average molecular weight is 454 g/mol. The lowest BCUT2D eigenvalue weighted by atomic mass is 10.2. The zero-order valence-corrected chi connectivity index (χ0v) is 17.2. The first-order valence-corrected chi connectivity index (χ1v) is 10.7. The van der Waals surface area contributed by atoms with Gasteiger partial charge in [0.05, 0.1) is 4.90 Å². The molecule has 6 heteroatoms. The Morgan fingerprint density at radius 1 is 1.00 bits per heavy atom. The fourth-order valence-corrected chi connectivity index (χ4v) is 3.93. The largest absolute Gasteiger partial charge is 0.489 e. The highest BCUT2D eigenvalue weighted by Gasteiger charge is 2.20. The van der Waals surface area contributed by atoms with Crippen molar-refractivity contribution in [2.75, 3.05) is 0 Å². The van der Waals surface area contributed by atoms with Crippen molar-refractivity contribution in [3.63, 3.8) is 0 Å². The van der Waals surface area contributed by atoms with Gasteiger partial charge in [-0.05, 0) is 53.6 Å². The van der Waals surface area contributed by atoms with Crippen LogP contribution in [0, 0.1) is 11.3 Å². The number of halogens is 1. The molecule has 140 valence electrons. The molecule has 0 saturated carbocycles. The molecule has 0 N–H and O–H groups in total. The lowest BCUT2D eigenvalue weighted by Crippen LogP contribution is -2.03. The van der Waals surface area contributed by atoms with E-state index in [9.17, 15) is 13.7 Å². The fourth-order valence-electron chi connectivity index (χ4n) is 2.49. The maximum Gasteiger partial charge on any atom is 0.216 e. The van der Waals surface area contributed by atoms with E-state index in [0.717, 1.165) is 10.0 Å². The molecule has 0 aliphatic heterocycles. The summed E-state index contributed by atoms with van der Waals surface area (Å²) in [5.74, 6) is 0.589. The minimum Gasteiger partial charge on any atom is -0.489 e. The van der Waals surface area contributed by atoms with Gasteiger partial charge in [-0.2, -0.15) is 5.26 Å². The van der Waals surface area contributed by atoms with E-state index in [1.54, 1.807) is 48.5 Å². The van der Waals surface area contributed by atoms with Crippen LogP contribution in [0.1, 0.15) is 11.1 Å². The van der Waals surface area contributed by atoms with Gasteiger partial charge in [0.1, 0.15) is 23.3 Å². The summed E-state index contributed by atoms with van der Waals surface area (Å²) in [5, 5.41) is 9.40. The van der Waals surface area contributed by atoms with Crippen molar-refractivity contribution in [3.05, 3.63) is 99.4 Å². The number of hydrogen-bond donors (Lipinski definition) is 0. The molecule has 3 rings (SSSR count). The van der Waals surface area contributed by atoms with Crippen molar-refractivity contribution in [1.29, 1.82) is 5.26 Å². The van der Waals surface area contributed by atoms with Gasteiger partial charge < -0.3 is 4.74 Å². The van der Waals surface area contributed by atoms with E-state index in [1.165, 1.54) is 18.2 Å². The number of benzene rings is 3. The van der Waals surface area contributed by atoms with Crippen LogP contribution in [-0.2, 0) is 16.4 Å². The molecular formula is C22H16BrNO3S. The summed E-state index contributed by atoms with van der Waals surface area (Å²) < 4.78 is 32.1. The highest BCUT2D eigenvalue weighted by molar-refractivity contribution is 9.10. The van der Waals surface area contributed by atoms with Crippen LogP contribution in [0.5, 0.6) is 5.75 Å². The quantitative estimate of drug-likeness (QED) is 0.470. The Kier molecular flexibility index (Phi) is 6.30. The second-order valence-corrected chi connectivity index (χ2v) is 8.76. The topological polar surface area (TPSA) is 67.2 Å². The molecule has 28 heavy (non-hydrogen) atoms. The number of allylic oxidation sites excluding steroid dienone is 1. The van der Waals surface area contributed by atoms with Crippen molar-refractivity contribution in [2.24, 2.45) is 0 Å². The predicted molar refractivity (Wildman–Crippen MR) is 112 cm³/mol. The molecule has 0 radical (unpaired) electrons. The van der Waals surface area contributed by atoms with Gasteiger partial charge in [-0.1, -0.05) is 58.4 Å². The van der Waals surface area contributed by atoms with E-state index in [0.29, 0.717) is 17.9 Å². The average Bonchev–Trinajstić information content (AvgIpc) is 2.72. The Balaban J connectivity index is 1.82. The maximum absolute atomic E-state index is 12.7. The minimum atomic E-state index is -3.87. The summed E-state index contributed by atoms with van der Waals surface area (Å²) in [4.78, 5) is -0.228. The first kappa shape index (κ1) is 19.9. The second kappa shape index (κ2) is 8.87. The van der Waals surface area contributed by atoms with Crippen LogP contribution in [-0.4, -0.2) is 8.42 Å². The highest BCUT2D eigenvalue weighted by Crippen LogP contribution is 2.23. The van der Waals surface area contributed by atoms with Crippen molar-refractivity contribution in [2.45, 2.75) is 11.5 Å². The molecule has 0 aliphatic rings. The normalized spacial score (nSPS) is 11.6. The van der Waals surface area contributed by atoms with E-state index < -0.39 is 9.84 Å². The molecular weight excluding hydrogens is 438 g/mol. The van der Waals surface area contributed by atoms with E-state index in [-0.39, 0.29) is 9.80 Å². The van der Waals surface area contributed by atoms with Crippen molar-refractivity contribution < 1.29 is 13.2 Å². The number of hydrogen-bond acceptors (Lipinski definition) is 4. The fraction of sp³-hybridized carbons (Fsp3) is 0.0455. The van der Waals surface area contributed by atoms with Crippen molar-refractivity contribution >= 4 is 31.8 Å². The summed E-state index contributed by atoms with van der Waals surface area (Å²) in [6, 6.07) is 24.5. The molecule has 0 unspecified atom stereocenters. The van der Waals surface area contributed by atoms with Crippen LogP contribution in [0.4, 0.5) is 0 Å². The molecule has 0 aliphatic carbocycles. The summed E-state index contributed by atoms with van der Waals surface area (Å²) in [6.45, 7) is 0.383. The summed E-state index contributed by atoms with van der Waals surface area (Å²) >= 11 is 3.39. The maximum atomic E-state index is 12.7. The zero-order valence-electron chi connectivity index (χ0n) is 14.7. The van der Waals surface area contributed by atoms with Gasteiger partial charge in [-0.25, -0.2) is 8.42 Å². The first-order chi connectivity index (χ1) is 13.5. The van der Waals surface area contributed by atoms with Gasteiger partial charge in [-0.3, -0.25) is 0 Å². The molecule has 0 aromatic heterocycles. The Morgan fingerprint density at radius 3 is 2.39 bits per heavy atom. The Morgan fingerprint density at radius 2 is 1.71 bits per heavy atom. The molecule has 0 fully saturated rings. The van der Waals surface area contributed by atoms with Gasteiger partial charge in [0.25, 0.3) is 0 Å². The second-order valence-electron chi connectivity index (χ2n) is 5.92. The SMILES string of the molecule is N#C/C(=C\c1cccc(OCc2ccc(Br)cc2)c1)S(=O)(=O)c1ccccc1. The number of nitrogens with zero attached hydrogens (tertiary/aromatic N) is 1. The van der Waals surface area contributed by atoms with Crippen LogP contribution < -0.4 is 4.74 Å². The third-order valence-electron chi connectivity index (χ3n) is 3.93. The number of rotatable bonds is 6. The van der Waals surface area contributed by atoms with E-state index >= 15 is 0 Å². The molecule has 3 aromatic carbocycles. The summed E-state index contributed by atoms with van der Waals surface area (Å²) in [7, 11) is -3.87. The lowest BCUT2D eigenvalue weighted by molar-refractivity contribution is 0.306. The van der Waals surface area contributed by atoms with Gasteiger partial charge in [0.15, 0.2) is 0 Å². The van der Waals surface area contributed by atoms with E-state index in [1.807, 2.05) is 24.3 Å². The number of ether oxygens (including phenoxy) is 1. The van der Waals surface area contributed by atoms with Crippen LogP contribution in [0.25, 0.3) is 6.08 Å². The molecule has 0 saturated heterocycles. The molecule has 0 atom stereocenters. The van der Waals surface area contributed by atoms with Crippen molar-refractivity contribution in [1.82, 2.24) is 0 Å². The minimum absolute atomic E-state index is 0.0884. The highest BCUT2D eigenvalue weighted by atomic mass is 79.9. The Hall–Kier alpha value is -2.88. The van der Waals surface area contributed by atoms with Crippen LogP contribution in [0.2, 0.25) is 0 Å². The van der Waals surface area contributed by atoms with Crippen LogP contribution in [0.15, 0.2) is 93.1 Å². The molecule has 3 aromatic rings. The molecule has 0 heterocycles. The number of sulfone groups is 1. The molecule has 0 spiro atoms. The third-order valence-corrected chi connectivity index (χ3v) is 6.14. The van der Waals surface area contributed by atoms with E-state index in [4.69, 9.17) is 4.74 Å². The molecule has 0 bridgehead atoms. The van der Waals surface area contributed by atoms with Crippen LogP contribution >= 0.6 is 15.9 Å². The van der Waals surface area contributed by atoms with Gasteiger partial charge in [0, 0.05) is 4.47 Å². The van der Waals surface area contributed by atoms with Gasteiger partial charge >= 0.3 is 0 Å². The van der Waals surface area contributed by atoms with E-state index in [2.05, 4.69) is 15.9 Å². The van der Waals surface area contributed by atoms with Crippen molar-refractivity contribution in [3.8, 4) is 11.8 Å². The summed E-state index contributed by atoms with van der Waals surface area (Å²) in [5.41, 5.74) is 1.58. The molecule has 4 nitrogen and oxygen atoms in total. The Bertz CT molecular complexity index is 1130. The van der Waals surface area contributed by atoms with Crippen LogP contribution in [0.3, 0.4) is 0 Å². The first-order valence-electron chi connectivity index (χ1n) is 8.38. The standard InChI is InChI=1S/C22H16BrNO3S/c23-19-11-9-17(10-12-19)16-27-20-6-4-5-18(13-20)14-22(15-24)28(25,26)21-7-2-1-3-8-21/h1-14H,16H2/b22-14+. The van der Waals surface area contributed by atoms with Gasteiger partial charge in [0.2, 0.25) is 9.84 Å². The number of nitriles is 1. The smallest absolute Gasteiger partial charge is 0.216 e. The van der Waals surface area contributed by atoms with Gasteiger partial charge in [-0.15, -0.1) is 0 Å². The monoisotopic (exact) mass is 453 g/mol. The zero-order chi connectivity index (χ0) is 20.0.